The molecule has 24 heavy (non-hydrogen) atoms. The van der Waals surface area contributed by atoms with Crippen LogP contribution in [0.2, 0.25) is 0 Å². The van der Waals surface area contributed by atoms with Crippen molar-refractivity contribution in [3.63, 3.8) is 0 Å². The summed E-state index contributed by atoms with van der Waals surface area (Å²) in [7, 11) is 0. The van der Waals surface area contributed by atoms with Crippen LogP contribution in [0.4, 0.5) is 4.39 Å². The second-order valence-corrected chi connectivity index (χ2v) is 6.52. The second kappa shape index (κ2) is 6.45. The largest absolute Gasteiger partial charge is 0.472 e. The zero-order valence-corrected chi connectivity index (χ0v) is 13.4. The molecule has 0 amide bonds. The van der Waals surface area contributed by atoms with E-state index < -0.39 is 5.82 Å². The molecular weight excluding hydrogens is 309 g/mol. The maximum atomic E-state index is 13.7. The predicted octanol–water partition coefficient (Wildman–Crippen LogP) is 2.43. The lowest BCUT2D eigenvalue weighted by Gasteiger charge is -2.52. The minimum Gasteiger partial charge on any atom is -0.472 e. The van der Waals surface area contributed by atoms with Crippen LogP contribution in [-0.2, 0) is 11.3 Å². The van der Waals surface area contributed by atoms with Crippen molar-refractivity contribution in [2.24, 2.45) is 0 Å². The standard InChI is InChI=1S/C18H20FN3O2/c19-16-5-3-8-21-17(16)24-15-6-9-23-18(10-15)12-22(13-18)11-14-4-1-2-7-20-14/h1-5,7-8,15H,6,9-13H2. The lowest BCUT2D eigenvalue weighted by atomic mass is 9.84. The van der Waals surface area contributed by atoms with E-state index in [9.17, 15) is 4.39 Å². The van der Waals surface area contributed by atoms with Crippen molar-refractivity contribution >= 4 is 0 Å². The van der Waals surface area contributed by atoms with Crippen LogP contribution in [0.5, 0.6) is 5.88 Å². The van der Waals surface area contributed by atoms with Gasteiger partial charge in [-0.1, -0.05) is 6.07 Å². The molecule has 1 atom stereocenters. The molecule has 1 spiro atoms. The van der Waals surface area contributed by atoms with Gasteiger partial charge in [-0.3, -0.25) is 9.88 Å². The van der Waals surface area contributed by atoms with Crippen LogP contribution in [0, 0.1) is 5.82 Å². The number of halogens is 1. The van der Waals surface area contributed by atoms with Gasteiger partial charge >= 0.3 is 0 Å². The molecule has 6 heteroatoms. The highest BCUT2D eigenvalue weighted by molar-refractivity contribution is 5.14. The van der Waals surface area contributed by atoms with Crippen LogP contribution in [0.1, 0.15) is 18.5 Å². The van der Waals surface area contributed by atoms with E-state index in [2.05, 4.69) is 14.9 Å². The van der Waals surface area contributed by atoms with Crippen molar-refractivity contribution in [1.82, 2.24) is 14.9 Å². The first-order valence-electron chi connectivity index (χ1n) is 8.26. The molecule has 0 aromatic carbocycles. The number of likely N-dealkylation sites (tertiary alicyclic amines) is 1. The molecule has 0 bridgehead atoms. The summed E-state index contributed by atoms with van der Waals surface area (Å²) in [6.07, 6.45) is 4.83. The van der Waals surface area contributed by atoms with Gasteiger partial charge in [-0.25, -0.2) is 9.37 Å². The molecule has 2 aliphatic rings. The van der Waals surface area contributed by atoms with Crippen LogP contribution in [0.3, 0.4) is 0 Å². The summed E-state index contributed by atoms with van der Waals surface area (Å²) in [6.45, 7) is 3.17. The smallest absolute Gasteiger partial charge is 0.250 e. The van der Waals surface area contributed by atoms with Gasteiger partial charge in [0.2, 0.25) is 0 Å². The van der Waals surface area contributed by atoms with Crippen molar-refractivity contribution in [3.05, 3.63) is 54.2 Å². The number of hydrogen-bond donors (Lipinski definition) is 0. The third-order valence-electron chi connectivity index (χ3n) is 4.59. The van der Waals surface area contributed by atoms with Crippen molar-refractivity contribution in [1.29, 1.82) is 0 Å². The summed E-state index contributed by atoms with van der Waals surface area (Å²) >= 11 is 0. The molecule has 0 radical (unpaired) electrons. The van der Waals surface area contributed by atoms with E-state index in [1.807, 2.05) is 24.4 Å². The Balaban J connectivity index is 1.34. The van der Waals surface area contributed by atoms with Crippen molar-refractivity contribution in [3.8, 4) is 5.88 Å². The molecule has 126 valence electrons. The van der Waals surface area contributed by atoms with Gasteiger partial charge < -0.3 is 9.47 Å². The molecule has 5 nitrogen and oxygen atoms in total. The fourth-order valence-corrected chi connectivity index (χ4v) is 3.52. The third-order valence-corrected chi connectivity index (χ3v) is 4.59. The number of rotatable bonds is 4. The summed E-state index contributed by atoms with van der Waals surface area (Å²) in [4.78, 5) is 10.6. The van der Waals surface area contributed by atoms with Gasteiger partial charge in [0.05, 0.1) is 17.9 Å². The molecule has 2 fully saturated rings. The topological polar surface area (TPSA) is 47.5 Å². The minimum atomic E-state index is -0.413. The average Bonchev–Trinajstić information content (AvgIpc) is 2.57. The van der Waals surface area contributed by atoms with E-state index in [-0.39, 0.29) is 17.6 Å². The van der Waals surface area contributed by atoms with Crippen molar-refractivity contribution in [2.75, 3.05) is 19.7 Å². The monoisotopic (exact) mass is 329 g/mol. The third kappa shape index (κ3) is 3.25. The Labute approximate surface area is 140 Å². The molecule has 2 saturated heterocycles. The Kier molecular flexibility index (Phi) is 4.16. The van der Waals surface area contributed by atoms with E-state index in [4.69, 9.17) is 9.47 Å². The van der Waals surface area contributed by atoms with Gasteiger partial charge in [-0.05, 0) is 24.3 Å². The first kappa shape index (κ1) is 15.5. The maximum absolute atomic E-state index is 13.7. The van der Waals surface area contributed by atoms with E-state index in [1.54, 1.807) is 12.3 Å². The molecule has 2 aliphatic heterocycles. The molecule has 0 aliphatic carbocycles. The number of nitrogens with zero attached hydrogens (tertiary/aromatic N) is 3. The Bertz CT molecular complexity index is 692. The van der Waals surface area contributed by atoms with E-state index in [0.29, 0.717) is 6.61 Å². The Morgan fingerprint density at radius 3 is 2.88 bits per heavy atom. The zero-order valence-electron chi connectivity index (χ0n) is 13.4. The Hall–Kier alpha value is -2.05. The van der Waals surface area contributed by atoms with Crippen molar-refractivity contribution < 1.29 is 13.9 Å². The number of hydrogen-bond acceptors (Lipinski definition) is 5. The fraction of sp³-hybridized carbons (Fsp3) is 0.444. The molecular formula is C18H20FN3O2. The van der Waals surface area contributed by atoms with Gasteiger partial charge in [0.1, 0.15) is 6.10 Å². The van der Waals surface area contributed by atoms with E-state index in [0.717, 1.165) is 38.2 Å². The average molecular weight is 329 g/mol. The van der Waals surface area contributed by atoms with Gasteiger partial charge in [0.15, 0.2) is 5.82 Å². The molecule has 2 aromatic rings. The molecule has 2 aromatic heterocycles. The Morgan fingerprint density at radius 2 is 2.08 bits per heavy atom. The van der Waals surface area contributed by atoms with Crippen LogP contribution < -0.4 is 4.74 Å². The van der Waals surface area contributed by atoms with Gasteiger partial charge in [-0.15, -0.1) is 0 Å². The second-order valence-electron chi connectivity index (χ2n) is 6.52. The summed E-state index contributed by atoms with van der Waals surface area (Å²) in [5, 5.41) is 0. The molecule has 4 heterocycles. The van der Waals surface area contributed by atoms with Crippen LogP contribution in [-0.4, -0.2) is 46.3 Å². The highest BCUT2D eigenvalue weighted by Crippen LogP contribution is 2.36. The minimum absolute atomic E-state index is 0.0554. The van der Waals surface area contributed by atoms with Crippen LogP contribution in [0.15, 0.2) is 42.7 Å². The normalized spacial score (nSPS) is 23.0. The summed E-state index contributed by atoms with van der Waals surface area (Å²) < 4.78 is 25.5. The summed E-state index contributed by atoms with van der Waals surface area (Å²) in [5.74, 6) is -0.326. The lowest BCUT2D eigenvalue weighted by Crippen LogP contribution is -2.65. The van der Waals surface area contributed by atoms with E-state index >= 15 is 0 Å². The number of aromatic nitrogens is 2. The maximum Gasteiger partial charge on any atom is 0.250 e. The predicted molar refractivity (Wildman–Crippen MR) is 86.0 cm³/mol. The van der Waals surface area contributed by atoms with Gasteiger partial charge in [0, 0.05) is 44.9 Å². The van der Waals surface area contributed by atoms with E-state index in [1.165, 1.54) is 6.07 Å². The molecule has 0 saturated carbocycles. The summed E-state index contributed by atoms with van der Waals surface area (Å²) in [5.41, 5.74) is 0.884. The first-order chi connectivity index (χ1) is 11.7. The van der Waals surface area contributed by atoms with Crippen LogP contribution >= 0.6 is 0 Å². The van der Waals surface area contributed by atoms with Gasteiger partial charge in [-0.2, -0.15) is 0 Å². The highest BCUT2D eigenvalue weighted by Gasteiger charge is 2.48. The highest BCUT2D eigenvalue weighted by atomic mass is 19.1. The summed E-state index contributed by atoms with van der Waals surface area (Å²) in [6, 6.07) is 8.89. The number of ether oxygens (including phenoxy) is 2. The quantitative estimate of drug-likeness (QED) is 0.862. The zero-order chi connectivity index (χ0) is 16.4. The molecule has 4 rings (SSSR count). The van der Waals surface area contributed by atoms with Crippen LogP contribution in [0.25, 0.3) is 0 Å². The van der Waals surface area contributed by atoms with Crippen molar-refractivity contribution in [2.45, 2.75) is 31.1 Å². The number of pyridine rings is 2. The lowest BCUT2D eigenvalue weighted by molar-refractivity contribution is -0.188. The first-order valence-corrected chi connectivity index (χ1v) is 8.26. The molecule has 1 unspecified atom stereocenters. The SMILES string of the molecule is Fc1cccnc1OC1CCOC2(C1)CN(Cc1ccccn1)C2. The van der Waals surface area contributed by atoms with Gasteiger partial charge in [0.25, 0.3) is 5.88 Å². The molecule has 0 N–H and O–H groups in total. The fourth-order valence-electron chi connectivity index (χ4n) is 3.52. The Morgan fingerprint density at radius 1 is 1.21 bits per heavy atom.